The van der Waals surface area contributed by atoms with Crippen molar-refractivity contribution in [3.63, 3.8) is 0 Å². The number of para-hydroxylation sites is 1. The minimum absolute atomic E-state index is 0.0461. The van der Waals surface area contributed by atoms with Crippen LogP contribution < -0.4 is 10.6 Å². The topological polar surface area (TPSA) is 66.9 Å². The van der Waals surface area contributed by atoms with Crippen LogP contribution in [0.2, 0.25) is 5.02 Å². The smallest absolute Gasteiger partial charge is 0.246 e. The third kappa shape index (κ3) is 3.44. The Kier molecular flexibility index (Phi) is 4.57. The van der Waals surface area contributed by atoms with E-state index < -0.39 is 11.9 Å². The summed E-state index contributed by atoms with van der Waals surface area (Å²) >= 11 is 5.71. The fourth-order valence-electron chi connectivity index (χ4n) is 2.21. The Labute approximate surface area is 142 Å². The molecule has 0 saturated heterocycles. The van der Waals surface area contributed by atoms with E-state index in [0.29, 0.717) is 11.5 Å². The number of fused-ring (bicyclic) bond motifs is 1. The van der Waals surface area contributed by atoms with Crippen LogP contribution in [0.5, 0.6) is 0 Å². The lowest BCUT2D eigenvalue weighted by Gasteiger charge is -2.16. The standard InChI is InChI=1S/C17H14ClFN4O/c1-10(17(24)23-11-6-7-14(19)13(18)8-11)22-16-12-4-2-3-5-15(12)20-9-21-16/h2-10H,1H3,(H,23,24)(H,20,21,22). The van der Waals surface area contributed by atoms with Crippen LogP contribution >= 0.6 is 11.6 Å². The van der Waals surface area contributed by atoms with Crippen LogP contribution in [0, 0.1) is 5.82 Å². The molecule has 0 fully saturated rings. The number of carbonyl (C=O) groups excluding carboxylic acids is 1. The Hall–Kier alpha value is -2.73. The van der Waals surface area contributed by atoms with Gasteiger partial charge in [-0.1, -0.05) is 23.7 Å². The molecule has 0 saturated carbocycles. The van der Waals surface area contributed by atoms with Crippen LogP contribution in [0.25, 0.3) is 10.9 Å². The van der Waals surface area contributed by atoms with Crippen molar-refractivity contribution in [2.24, 2.45) is 0 Å². The Morgan fingerprint density at radius 1 is 1.21 bits per heavy atom. The zero-order valence-electron chi connectivity index (χ0n) is 12.8. The van der Waals surface area contributed by atoms with Gasteiger partial charge in [0.05, 0.1) is 10.5 Å². The van der Waals surface area contributed by atoms with Gasteiger partial charge in [0, 0.05) is 11.1 Å². The minimum atomic E-state index is -0.563. The molecule has 0 spiro atoms. The van der Waals surface area contributed by atoms with Crippen LogP contribution in [0.4, 0.5) is 15.9 Å². The molecule has 0 aliphatic carbocycles. The average molecular weight is 345 g/mol. The summed E-state index contributed by atoms with van der Waals surface area (Å²) in [4.78, 5) is 20.7. The molecule has 3 rings (SSSR count). The molecule has 122 valence electrons. The number of carbonyl (C=O) groups is 1. The summed E-state index contributed by atoms with van der Waals surface area (Å²) in [7, 11) is 0. The lowest BCUT2D eigenvalue weighted by Crippen LogP contribution is -2.32. The van der Waals surface area contributed by atoms with E-state index >= 15 is 0 Å². The second kappa shape index (κ2) is 6.80. The average Bonchev–Trinajstić information content (AvgIpc) is 2.58. The predicted molar refractivity (Wildman–Crippen MR) is 92.7 cm³/mol. The van der Waals surface area contributed by atoms with E-state index in [1.807, 2.05) is 24.3 Å². The van der Waals surface area contributed by atoms with Gasteiger partial charge < -0.3 is 10.6 Å². The summed E-state index contributed by atoms with van der Waals surface area (Å²) in [5, 5.41) is 6.52. The molecule has 0 aliphatic rings. The lowest BCUT2D eigenvalue weighted by atomic mass is 10.2. The van der Waals surface area contributed by atoms with Crippen LogP contribution in [0.1, 0.15) is 6.92 Å². The van der Waals surface area contributed by atoms with E-state index in [4.69, 9.17) is 11.6 Å². The molecule has 1 heterocycles. The van der Waals surface area contributed by atoms with E-state index in [9.17, 15) is 9.18 Å². The Morgan fingerprint density at radius 2 is 2.00 bits per heavy atom. The SMILES string of the molecule is CC(Nc1ncnc2ccccc12)C(=O)Nc1ccc(F)c(Cl)c1. The zero-order chi connectivity index (χ0) is 17.1. The van der Waals surface area contributed by atoms with E-state index in [-0.39, 0.29) is 10.9 Å². The molecule has 0 aliphatic heterocycles. The quantitative estimate of drug-likeness (QED) is 0.754. The molecular weight excluding hydrogens is 331 g/mol. The molecule has 2 aromatic carbocycles. The third-order valence-corrected chi connectivity index (χ3v) is 3.77. The summed E-state index contributed by atoms with van der Waals surface area (Å²) in [5.74, 6) is -0.256. The fraction of sp³-hybridized carbons (Fsp3) is 0.118. The van der Waals surface area contributed by atoms with Gasteiger partial charge in [-0.2, -0.15) is 0 Å². The number of nitrogens with one attached hydrogen (secondary N) is 2. The van der Waals surface area contributed by atoms with Gasteiger partial charge in [0.2, 0.25) is 5.91 Å². The van der Waals surface area contributed by atoms with Crippen molar-refractivity contribution in [2.45, 2.75) is 13.0 Å². The highest BCUT2D eigenvalue weighted by Gasteiger charge is 2.15. The number of aromatic nitrogens is 2. The summed E-state index contributed by atoms with van der Waals surface area (Å²) in [6.45, 7) is 1.71. The van der Waals surface area contributed by atoms with Crippen molar-refractivity contribution in [2.75, 3.05) is 10.6 Å². The first-order chi connectivity index (χ1) is 11.5. The first kappa shape index (κ1) is 16.1. The van der Waals surface area contributed by atoms with Gasteiger partial charge in [-0.15, -0.1) is 0 Å². The van der Waals surface area contributed by atoms with Gasteiger partial charge in [-0.25, -0.2) is 14.4 Å². The Balaban J connectivity index is 1.75. The van der Waals surface area contributed by atoms with Gasteiger partial charge in [0.15, 0.2) is 0 Å². The van der Waals surface area contributed by atoms with Gasteiger partial charge in [0.1, 0.15) is 24.0 Å². The maximum atomic E-state index is 13.2. The molecule has 2 N–H and O–H groups in total. The summed E-state index contributed by atoms with van der Waals surface area (Å²) in [6, 6.07) is 11.0. The van der Waals surface area contributed by atoms with Crippen molar-refractivity contribution >= 4 is 39.9 Å². The molecule has 7 heteroatoms. The van der Waals surface area contributed by atoms with Gasteiger partial charge in [0.25, 0.3) is 0 Å². The van der Waals surface area contributed by atoms with E-state index in [0.717, 1.165) is 10.9 Å². The maximum absolute atomic E-state index is 13.2. The number of halogens is 2. The van der Waals surface area contributed by atoms with Crippen molar-refractivity contribution in [1.82, 2.24) is 9.97 Å². The second-order valence-electron chi connectivity index (χ2n) is 5.22. The molecule has 1 atom stereocenters. The number of benzene rings is 2. The van der Waals surface area contributed by atoms with Crippen LogP contribution in [0.3, 0.4) is 0 Å². The molecule has 24 heavy (non-hydrogen) atoms. The Bertz CT molecular complexity index is 897. The molecule has 3 aromatic rings. The van der Waals surface area contributed by atoms with Gasteiger partial charge in [-0.3, -0.25) is 4.79 Å². The third-order valence-electron chi connectivity index (χ3n) is 3.48. The maximum Gasteiger partial charge on any atom is 0.246 e. The highest BCUT2D eigenvalue weighted by atomic mass is 35.5. The van der Waals surface area contributed by atoms with Crippen molar-refractivity contribution in [3.05, 3.63) is 59.6 Å². The number of anilines is 2. The van der Waals surface area contributed by atoms with E-state index in [2.05, 4.69) is 20.6 Å². The van der Waals surface area contributed by atoms with Crippen LogP contribution in [-0.4, -0.2) is 21.9 Å². The van der Waals surface area contributed by atoms with Crippen molar-refractivity contribution in [3.8, 4) is 0 Å². The number of nitrogens with zero attached hydrogens (tertiary/aromatic N) is 2. The summed E-state index contributed by atoms with van der Waals surface area (Å²) in [5.41, 5.74) is 1.21. The number of rotatable bonds is 4. The molecule has 1 unspecified atom stereocenters. The molecule has 0 bridgehead atoms. The minimum Gasteiger partial charge on any atom is -0.358 e. The molecule has 0 radical (unpaired) electrons. The van der Waals surface area contributed by atoms with E-state index in [1.54, 1.807) is 6.92 Å². The zero-order valence-corrected chi connectivity index (χ0v) is 13.5. The van der Waals surface area contributed by atoms with Crippen molar-refractivity contribution in [1.29, 1.82) is 0 Å². The fourth-order valence-corrected chi connectivity index (χ4v) is 2.40. The first-order valence-electron chi connectivity index (χ1n) is 7.27. The highest BCUT2D eigenvalue weighted by Crippen LogP contribution is 2.21. The van der Waals surface area contributed by atoms with Gasteiger partial charge >= 0.3 is 0 Å². The lowest BCUT2D eigenvalue weighted by molar-refractivity contribution is -0.116. The predicted octanol–water partition coefficient (Wildman–Crippen LogP) is 3.86. The normalized spacial score (nSPS) is 12.0. The van der Waals surface area contributed by atoms with E-state index in [1.165, 1.54) is 24.5 Å². The van der Waals surface area contributed by atoms with Gasteiger partial charge in [-0.05, 0) is 37.3 Å². The van der Waals surface area contributed by atoms with Crippen molar-refractivity contribution < 1.29 is 9.18 Å². The number of amides is 1. The largest absolute Gasteiger partial charge is 0.358 e. The monoisotopic (exact) mass is 344 g/mol. The molecule has 1 aromatic heterocycles. The first-order valence-corrected chi connectivity index (χ1v) is 7.64. The second-order valence-corrected chi connectivity index (χ2v) is 5.63. The van der Waals surface area contributed by atoms with Crippen LogP contribution in [-0.2, 0) is 4.79 Å². The number of hydrogen-bond donors (Lipinski definition) is 2. The molecular formula is C17H14ClFN4O. The molecule has 5 nitrogen and oxygen atoms in total. The van der Waals surface area contributed by atoms with Crippen LogP contribution in [0.15, 0.2) is 48.8 Å². The number of hydrogen-bond acceptors (Lipinski definition) is 4. The summed E-state index contributed by atoms with van der Waals surface area (Å²) < 4.78 is 13.2. The highest BCUT2D eigenvalue weighted by molar-refractivity contribution is 6.31. The summed E-state index contributed by atoms with van der Waals surface area (Å²) in [6.07, 6.45) is 1.44. The Morgan fingerprint density at radius 3 is 2.79 bits per heavy atom. The molecule has 1 amide bonds.